The van der Waals surface area contributed by atoms with Gasteiger partial charge in [-0.05, 0) is 43.3 Å². The average molecular weight is 376 g/mol. The van der Waals surface area contributed by atoms with Crippen molar-refractivity contribution in [2.45, 2.75) is 13.3 Å². The molecule has 1 unspecified atom stereocenters. The van der Waals surface area contributed by atoms with Crippen molar-refractivity contribution in [2.24, 2.45) is 5.92 Å². The summed E-state index contributed by atoms with van der Waals surface area (Å²) in [6.45, 7) is 1.48. The van der Waals surface area contributed by atoms with Gasteiger partial charge in [0.15, 0.2) is 23.2 Å². The highest BCUT2D eigenvalue weighted by Gasteiger charge is 2.35. The van der Waals surface area contributed by atoms with Crippen LogP contribution in [0.2, 0.25) is 0 Å². The van der Waals surface area contributed by atoms with Crippen LogP contribution in [0.25, 0.3) is 0 Å². The quantitative estimate of drug-likeness (QED) is 0.658. The standard InChI is InChI=1S/C19H15F3N2O3/c1-10(25)11-2-4-13(5-3-11)24-9-12(8-16(24)26)19(27)23-15-7-6-14(20)17(21)18(15)22/h2-7,12H,8-9H2,1H3,(H,23,27). The Bertz CT molecular complexity index is 929. The van der Waals surface area contributed by atoms with Gasteiger partial charge in [0.2, 0.25) is 11.8 Å². The maximum atomic E-state index is 13.7. The van der Waals surface area contributed by atoms with Crippen molar-refractivity contribution in [1.82, 2.24) is 0 Å². The van der Waals surface area contributed by atoms with E-state index in [-0.39, 0.29) is 24.7 Å². The first kappa shape index (κ1) is 18.6. The van der Waals surface area contributed by atoms with E-state index in [0.717, 1.165) is 6.07 Å². The molecule has 1 aliphatic heterocycles. The van der Waals surface area contributed by atoms with E-state index in [4.69, 9.17) is 0 Å². The predicted molar refractivity (Wildman–Crippen MR) is 91.9 cm³/mol. The number of benzene rings is 2. The van der Waals surface area contributed by atoms with Gasteiger partial charge in [-0.3, -0.25) is 14.4 Å². The molecule has 1 saturated heterocycles. The van der Waals surface area contributed by atoms with Crippen LogP contribution < -0.4 is 10.2 Å². The zero-order chi connectivity index (χ0) is 19.7. The monoisotopic (exact) mass is 376 g/mol. The lowest BCUT2D eigenvalue weighted by atomic mass is 10.1. The smallest absolute Gasteiger partial charge is 0.229 e. The van der Waals surface area contributed by atoms with Gasteiger partial charge < -0.3 is 10.2 Å². The van der Waals surface area contributed by atoms with Crippen molar-refractivity contribution in [3.63, 3.8) is 0 Å². The molecule has 0 spiro atoms. The van der Waals surface area contributed by atoms with Crippen LogP contribution in [-0.4, -0.2) is 24.1 Å². The third-order valence-corrected chi connectivity index (χ3v) is 4.37. The molecular weight excluding hydrogens is 361 g/mol. The Kier molecular flexibility index (Phi) is 4.98. The molecule has 2 aromatic carbocycles. The van der Waals surface area contributed by atoms with Crippen molar-refractivity contribution >= 4 is 29.0 Å². The zero-order valence-electron chi connectivity index (χ0n) is 14.3. The molecule has 8 heteroatoms. The minimum Gasteiger partial charge on any atom is -0.323 e. The summed E-state index contributed by atoms with van der Waals surface area (Å²) in [7, 11) is 0. The van der Waals surface area contributed by atoms with Gasteiger partial charge in [-0.25, -0.2) is 13.2 Å². The van der Waals surface area contributed by atoms with E-state index in [2.05, 4.69) is 5.32 Å². The first-order chi connectivity index (χ1) is 12.8. The van der Waals surface area contributed by atoms with Crippen LogP contribution in [-0.2, 0) is 9.59 Å². The Labute approximate surface area is 152 Å². The number of amides is 2. The van der Waals surface area contributed by atoms with E-state index in [1.54, 1.807) is 24.3 Å². The first-order valence-corrected chi connectivity index (χ1v) is 8.13. The van der Waals surface area contributed by atoms with Crippen LogP contribution >= 0.6 is 0 Å². The lowest BCUT2D eigenvalue weighted by Gasteiger charge is -2.17. The second-order valence-corrected chi connectivity index (χ2v) is 6.22. The number of carbonyl (C=O) groups is 3. The van der Waals surface area contributed by atoms with Gasteiger partial charge in [0.1, 0.15) is 0 Å². The Morgan fingerprint density at radius 3 is 2.33 bits per heavy atom. The maximum Gasteiger partial charge on any atom is 0.229 e. The molecule has 5 nitrogen and oxygen atoms in total. The number of halogens is 3. The number of nitrogens with zero attached hydrogens (tertiary/aromatic N) is 1. The van der Waals surface area contributed by atoms with E-state index >= 15 is 0 Å². The molecule has 0 bridgehead atoms. The predicted octanol–water partition coefficient (Wildman–Crippen LogP) is 3.30. The number of rotatable bonds is 4. The third-order valence-electron chi connectivity index (χ3n) is 4.37. The Morgan fingerprint density at radius 2 is 1.70 bits per heavy atom. The summed E-state index contributed by atoms with van der Waals surface area (Å²) in [6.07, 6.45) is -0.106. The summed E-state index contributed by atoms with van der Waals surface area (Å²) in [5.41, 5.74) is 0.531. The lowest BCUT2D eigenvalue weighted by molar-refractivity contribution is -0.122. The van der Waals surface area contributed by atoms with E-state index in [1.807, 2.05) is 0 Å². The molecule has 140 valence electrons. The number of Topliss-reactive ketones (excluding diaryl/α,β-unsaturated/α-hetero) is 1. The van der Waals surface area contributed by atoms with Gasteiger partial charge in [-0.15, -0.1) is 0 Å². The van der Waals surface area contributed by atoms with E-state index in [9.17, 15) is 27.6 Å². The minimum absolute atomic E-state index is 0.0510. The second-order valence-electron chi connectivity index (χ2n) is 6.22. The zero-order valence-corrected chi connectivity index (χ0v) is 14.3. The molecule has 2 aromatic rings. The fourth-order valence-electron chi connectivity index (χ4n) is 2.87. The van der Waals surface area contributed by atoms with E-state index < -0.39 is 35.0 Å². The number of ketones is 1. The first-order valence-electron chi connectivity index (χ1n) is 8.13. The van der Waals surface area contributed by atoms with Crippen molar-refractivity contribution in [3.8, 4) is 0 Å². The summed E-state index contributed by atoms with van der Waals surface area (Å²) in [4.78, 5) is 37.2. The number of hydrogen-bond acceptors (Lipinski definition) is 3. The SMILES string of the molecule is CC(=O)c1ccc(N2CC(C(=O)Nc3ccc(F)c(F)c3F)CC2=O)cc1. The second kappa shape index (κ2) is 7.22. The highest BCUT2D eigenvalue weighted by atomic mass is 19.2. The van der Waals surface area contributed by atoms with Gasteiger partial charge in [-0.1, -0.05) is 0 Å². The van der Waals surface area contributed by atoms with Crippen LogP contribution in [0.4, 0.5) is 24.5 Å². The van der Waals surface area contributed by atoms with Crippen LogP contribution in [0.15, 0.2) is 36.4 Å². The average Bonchev–Trinajstić information content (AvgIpc) is 3.04. The summed E-state index contributed by atoms with van der Waals surface area (Å²) >= 11 is 0. The number of nitrogens with one attached hydrogen (secondary N) is 1. The van der Waals surface area contributed by atoms with Crippen LogP contribution in [0.5, 0.6) is 0 Å². The topological polar surface area (TPSA) is 66.5 Å². The van der Waals surface area contributed by atoms with Crippen LogP contribution in [0.1, 0.15) is 23.7 Å². The fraction of sp³-hybridized carbons (Fsp3) is 0.211. The van der Waals surface area contributed by atoms with E-state index in [1.165, 1.54) is 11.8 Å². The Balaban J connectivity index is 1.72. The fourth-order valence-corrected chi connectivity index (χ4v) is 2.87. The Morgan fingerprint density at radius 1 is 1.04 bits per heavy atom. The number of hydrogen-bond donors (Lipinski definition) is 1. The van der Waals surface area contributed by atoms with Gasteiger partial charge in [0.05, 0.1) is 11.6 Å². The Hall–Kier alpha value is -3.16. The normalized spacial score (nSPS) is 16.5. The van der Waals surface area contributed by atoms with Crippen molar-refractivity contribution in [2.75, 3.05) is 16.8 Å². The molecule has 1 N–H and O–H groups in total. The largest absolute Gasteiger partial charge is 0.323 e. The molecule has 0 aliphatic carbocycles. The lowest BCUT2D eigenvalue weighted by Crippen LogP contribution is -2.28. The van der Waals surface area contributed by atoms with Gasteiger partial charge in [0, 0.05) is 24.2 Å². The number of anilines is 2. The van der Waals surface area contributed by atoms with Crippen LogP contribution in [0, 0.1) is 23.4 Å². The molecule has 1 heterocycles. The molecule has 3 rings (SSSR count). The van der Waals surface area contributed by atoms with E-state index in [0.29, 0.717) is 17.3 Å². The highest BCUT2D eigenvalue weighted by Crippen LogP contribution is 2.27. The van der Waals surface area contributed by atoms with Crippen molar-refractivity contribution < 1.29 is 27.6 Å². The van der Waals surface area contributed by atoms with Crippen LogP contribution in [0.3, 0.4) is 0 Å². The van der Waals surface area contributed by atoms with Gasteiger partial charge >= 0.3 is 0 Å². The summed E-state index contributed by atoms with van der Waals surface area (Å²) in [6, 6.07) is 7.98. The summed E-state index contributed by atoms with van der Waals surface area (Å²) in [5.74, 6) is -6.40. The molecule has 0 radical (unpaired) electrons. The van der Waals surface area contributed by atoms with Crippen molar-refractivity contribution in [3.05, 3.63) is 59.4 Å². The third kappa shape index (κ3) is 3.69. The number of carbonyl (C=O) groups excluding carboxylic acids is 3. The molecule has 27 heavy (non-hydrogen) atoms. The highest BCUT2D eigenvalue weighted by molar-refractivity contribution is 6.04. The molecule has 1 fully saturated rings. The molecular formula is C19H15F3N2O3. The summed E-state index contributed by atoms with van der Waals surface area (Å²) in [5, 5.41) is 2.19. The van der Waals surface area contributed by atoms with Crippen molar-refractivity contribution in [1.29, 1.82) is 0 Å². The molecule has 0 aromatic heterocycles. The molecule has 2 amide bonds. The van der Waals surface area contributed by atoms with Gasteiger partial charge in [0.25, 0.3) is 0 Å². The minimum atomic E-state index is -1.68. The summed E-state index contributed by atoms with van der Waals surface area (Å²) < 4.78 is 39.9. The molecule has 1 aliphatic rings. The molecule has 1 atom stereocenters. The van der Waals surface area contributed by atoms with Gasteiger partial charge in [-0.2, -0.15) is 0 Å². The maximum absolute atomic E-state index is 13.7. The molecule has 0 saturated carbocycles.